The first-order valence-corrected chi connectivity index (χ1v) is 7.98. The van der Waals surface area contributed by atoms with Crippen LogP contribution in [0.3, 0.4) is 0 Å². The molecule has 1 N–H and O–H groups in total. The van der Waals surface area contributed by atoms with Gasteiger partial charge >= 0.3 is 0 Å². The summed E-state index contributed by atoms with van der Waals surface area (Å²) in [5.74, 6) is 0.665. The highest BCUT2D eigenvalue weighted by molar-refractivity contribution is 6.30. The van der Waals surface area contributed by atoms with Crippen molar-refractivity contribution in [2.75, 3.05) is 13.2 Å². The predicted molar refractivity (Wildman–Crippen MR) is 94.8 cm³/mol. The number of nitrogens with one attached hydrogen (secondary N) is 1. The van der Waals surface area contributed by atoms with Crippen LogP contribution in [0.15, 0.2) is 54.6 Å². The molecule has 0 aliphatic rings. The third-order valence-corrected chi connectivity index (χ3v) is 3.55. The molecule has 0 aliphatic heterocycles. The van der Waals surface area contributed by atoms with Crippen LogP contribution in [0.1, 0.15) is 18.1 Å². The summed E-state index contributed by atoms with van der Waals surface area (Å²) in [7, 11) is 0. The number of hydrogen-bond donors (Lipinski definition) is 1. The first kappa shape index (κ1) is 17.1. The zero-order chi connectivity index (χ0) is 16.5. The Hall–Kier alpha value is -2.26. The Morgan fingerprint density at radius 3 is 2.48 bits per heavy atom. The highest BCUT2D eigenvalue weighted by atomic mass is 35.5. The van der Waals surface area contributed by atoms with Crippen LogP contribution in [0.2, 0.25) is 5.02 Å². The standard InChI is InChI=1S/C19H20ClNO2/c1-2-15-5-10-18(11-6-15)23-14-13-21-19(22)12-7-16-3-8-17(20)9-4-16/h3-12H,2,13-14H2,1H3,(H,21,22)/b12-7+. The minimum Gasteiger partial charge on any atom is -0.492 e. The molecule has 0 aromatic heterocycles. The molecule has 0 heterocycles. The van der Waals surface area contributed by atoms with E-state index in [-0.39, 0.29) is 5.91 Å². The van der Waals surface area contributed by atoms with E-state index >= 15 is 0 Å². The molecule has 0 radical (unpaired) electrons. The minimum absolute atomic E-state index is 0.148. The Morgan fingerprint density at radius 1 is 1.13 bits per heavy atom. The fraction of sp³-hybridized carbons (Fsp3) is 0.211. The molecule has 4 heteroatoms. The third kappa shape index (κ3) is 6.17. The van der Waals surface area contributed by atoms with Crippen molar-refractivity contribution in [2.45, 2.75) is 13.3 Å². The second kappa shape index (κ2) is 9.01. The maximum absolute atomic E-state index is 11.7. The highest BCUT2D eigenvalue weighted by Gasteiger charge is 1.97. The van der Waals surface area contributed by atoms with E-state index in [9.17, 15) is 4.79 Å². The van der Waals surface area contributed by atoms with Crippen LogP contribution in [-0.4, -0.2) is 19.1 Å². The minimum atomic E-state index is -0.148. The smallest absolute Gasteiger partial charge is 0.244 e. The van der Waals surface area contributed by atoms with Gasteiger partial charge in [0, 0.05) is 11.1 Å². The summed E-state index contributed by atoms with van der Waals surface area (Å²) in [5.41, 5.74) is 2.20. The van der Waals surface area contributed by atoms with Gasteiger partial charge in [0.25, 0.3) is 0 Å². The topological polar surface area (TPSA) is 38.3 Å². The molecular weight excluding hydrogens is 310 g/mol. The average Bonchev–Trinajstić information content (AvgIpc) is 2.59. The second-order valence-corrected chi connectivity index (χ2v) is 5.46. The first-order valence-electron chi connectivity index (χ1n) is 7.60. The van der Waals surface area contributed by atoms with Crippen molar-refractivity contribution in [1.29, 1.82) is 0 Å². The van der Waals surface area contributed by atoms with E-state index in [1.54, 1.807) is 18.2 Å². The second-order valence-electron chi connectivity index (χ2n) is 5.02. The Labute approximate surface area is 141 Å². The first-order chi connectivity index (χ1) is 11.2. The van der Waals surface area contributed by atoms with Gasteiger partial charge in [-0.3, -0.25) is 4.79 Å². The zero-order valence-corrected chi connectivity index (χ0v) is 13.8. The fourth-order valence-electron chi connectivity index (χ4n) is 1.97. The summed E-state index contributed by atoms with van der Waals surface area (Å²) >= 11 is 5.81. The van der Waals surface area contributed by atoms with Crippen molar-refractivity contribution >= 4 is 23.6 Å². The molecule has 23 heavy (non-hydrogen) atoms. The Morgan fingerprint density at radius 2 is 1.83 bits per heavy atom. The van der Waals surface area contributed by atoms with Crippen molar-refractivity contribution in [3.8, 4) is 5.75 Å². The number of carbonyl (C=O) groups is 1. The van der Waals surface area contributed by atoms with Crippen LogP contribution in [0, 0.1) is 0 Å². The van der Waals surface area contributed by atoms with Gasteiger partial charge in [0.15, 0.2) is 0 Å². The normalized spacial score (nSPS) is 10.7. The number of aryl methyl sites for hydroxylation is 1. The summed E-state index contributed by atoms with van der Waals surface area (Å²) in [5, 5.41) is 3.46. The SMILES string of the molecule is CCc1ccc(OCCNC(=O)/C=C/c2ccc(Cl)cc2)cc1. The Bertz CT molecular complexity index is 648. The van der Waals surface area contributed by atoms with Gasteiger partial charge in [0.1, 0.15) is 12.4 Å². The largest absolute Gasteiger partial charge is 0.492 e. The molecule has 0 bridgehead atoms. The number of carbonyl (C=O) groups excluding carboxylic acids is 1. The number of benzene rings is 2. The lowest BCUT2D eigenvalue weighted by molar-refractivity contribution is -0.116. The van der Waals surface area contributed by atoms with Crippen LogP contribution in [0.5, 0.6) is 5.75 Å². The summed E-state index contributed by atoms with van der Waals surface area (Å²) in [6.07, 6.45) is 4.26. The van der Waals surface area contributed by atoms with E-state index in [4.69, 9.17) is 16.3 Å². The summed E-state index contributed by atoms with van der Waals surface area (Å²) in [6.45, 7) is 3.01. The summed E-state index contributed by atoms with van der Waals surface area (Å²) in [6, 6.07) is 15.3. The van der Waals surface area contributed by atoms with E-state index in [1.807, 2.05) is 36.4 Å². The number of amides is 1. The predicted octanol–water partition coefficient (Wildman–Crippen LogP) is 4.11. The lowest BCUT2D eigenvalue weighted by Crippen LogP contribution is -2.26. The molecule has 1 amide bonds. The van der Waals surface area contributed by atoms with E-state index in [0.717, 1.165) is 17.7 Å². The van der Waals surface area contributed by atoms with Gasteiger partial charge in [-0.25, -0.2) is 0 Å². The van der Waals surface area contributed by atoms with Gasteiger partial charge in [-0.15, -0.1) is 0 Å². The van der Waals surface area contributed by atoms with E-state index in [1.165, 1.54) is 11.6 Å². The van der Waals surface area contributed by atoms with Gasteiger partial charge in [0.05, 0.1) is 6.54 Å². The van der Waals surface area contributed by atoms with Crippen LogP contribution in [0.4, 0.5) is 0 Å². The van der Waals surface area contributed by atoms with Gasteiger partial charge in [-0.2, -0.15) is 0 Å². The molecule has 120 valence electrons. The maximum Gasteiger partial charge on any atom is 0.244 e. The number of ether oxygens (including phenoxy) is 1. The Balaban J connectivity index is 1.68. The van der Waals surface area contributed by atoms with E-state index < -0.39 is 0 Å². The third-order valence-electron chi connectivity index (χ3n) is 3.30. The molecule has 0 saturated carbocycles. The van der Waals surface area contributed by atoms with E-state index in [0.29, 0.717) is 18.2 Å². The van der Waals surface area contributed by atoms with Crippen molar-refractivity contribution < 1.29 is 9.53 Å². The molecule has 0 unspecified atom stereocenters. The maximum atomic E-state index is 11.7. The molecule has 2 aromatic carbocycles. The lowest BCUT2D eigenvalue weighted by atomic mass is 10.2. The summed E-state index contributed by atoms with van der Waals surface area (Å²) < 4.78 is 5.58. The monoisotopic (exact) mass is 329 g/mol. The molecule has 0 fully saturated rings. The molecule has 0 saturated heterocycles. The fourth-order valence-corrected chi connectivity index (χ4v) is 2.10. The van der Waals surface area contributed by atoms with E-state index in [2.05, 4.69) is 12.2 Å². The molecule has 2 rings (SSSR count). The van der Waals surface area contributed by atoms with Gasteiger partial charge < -0.3 is 10.1 Å². The highest BCUT2D eigenvalue weighted by Crippen LogP contribution is 2.12. The van der Waals surface area contributed by atoms with Crippen molar-refractivity contribution in [3.63, 3.8) is 0 Å². The lowest BCUT2D eigenvalue weighted by Gasteiger charge is -2.07. The van der Waals surface area contributed by atoms with Crippen molar-refractivity contribution in [2.24, 2.45) is 0 Å². The van der Waals surface area contributed by atoms with Gasteiger partial charge in [-0.05, 0) is 47.9 Å². The molecule has 3 nitrogen and oxygen atoms in total. The zero-order valence-electron chi connectivity index (χ0n) is 13.1. The summed E-state index contributed by atoms with van der Waals surface area (Å²) in [4.78, 5) is 11.7. The van der Waals surface area contributed by atoms with Crippen molar-refractivity contribution in [1.82, 2.24) is 5.32 Å². The van der Waals surface area contributed by atoms with Crippen LogP contribution in [0.25, 0.3) is 6.08 Å². The Kier molecular flexibility index (Phi) is 6.70. The number of hydrogen-bond acceptors (Lipinski definition) is 2. The number of halogens is 1. The van der Waals surface area contributed by atoms with Gasteiger partial charge in [0.2, 0.25) is 5.91 Å². The molecular formula is C19H20ClNO2. The van der Waals surface area contributed by atoms with Crippen molar-refractivity contribution in [3.05, 3.63) is 70.8 Å². The molecule has 0 aliphatic carbocycles. The molecule has 0 atom stereocenters. The van der Waals surface area contributed by atoms with Crippen LogP contribution >= 0.6 is 11.6 Å². The van der Waals surface area contributed by atoms with Gasteiger partial charge in [-0.1, -0.05) is 42.8 Å². The quantitative estimate of drug-likeness (QED) is 0.613. The number of rotatable bonds is 7. The van der Waals surface area contributed by atoms with Crippen LogP contribution in [-0.2, 0) is 11.2 Å². The molecule has 0 spiro atoms. The van der Waals surface area contributed by atoms with Crippen LogP contribution < -0.4 is 10.1 Å². The average molecular weight is 330 g/mol. The molecule has 2 aromatic rings.